The van der Waals surface area contributed by atoms with Crippen molar-refractivity contribution in [2.45, 2.75) is 0 Å². The molecule has 0 aliphatic heterocycles. The molecule has 5 nitrogen and oxygen atoms in total. The molecule has 0 aliphatic carbocycles. The van der Waals surface area contributed by atoms with Gasteiger partial charge in [-0.2, -0.15) is 4.68 Å². The zero-order valence-electron chi connectivity index (χ0n) is 3.98. The van der Waals surface area contributed by atoms with Gasteiger partial charge in [-0.3, -0.25) is 4.79 Å². The Balaban J connectivity index is 3.00. The Bertz CT molecular complexity index is 193. The summed E-state index contributed by atoms with van der Waals surface area (Å²) in [5.74, 6) is 0.108. The van der Waals surface area contributed by atoms with Gasteiger partial charge >= 0.3 is 0 Å². The van der Waals surface area contributed by atoms with Gasteiger partial charge in [-0.15, -0.1) is 5.10 Å². The average Bonchev–Trinajstić information content (AvgIpc) is 2.14. The van der Waals surface area contributed by atoms with E-state index in [1.807, 2.05) is 0 Å². The minimum atomic E-state index is 0.108. The Morgan fingerprint density at radius 2 is 2.62 bits per heavy atom. The lowest BCUT2D eigenvalue weighted by molar-refractivity contribution is 0.540. The highest BCUT2D eigenvalue weighted by Crippen LogP contribution is 1.82. The number of hydrogen-bond donors (Lipinski definition) is 1. The number of carbonyl (C=O) groups excluding carboxylic acids is 1. The van der Waals surface area contributed by atoms with Gasteiger partial charge in [0.2, 0.25) is 12.4 Å². The topological polar surface area (TPSA) is 73.8 Å². The van der Waals surface area contributed by atoms with Crippen molar-refractivity contribution in [1.82, 2.24) is 14.8 Å². The van der Waals surface area contributed by atoms with Crippen molar-refractivity contribution in [3.63, 3.8) is 0 Å². The van der Waals surface area contributed by atoms with Crippen molar-refractivity contribution in [2.75, 3.05) is 5.73 Å². The van der Waals surface area contributed by atoms with Crippen LogP contribution in [-0.2, 0) is 4.79 Å². The van der Waals surface area contributed by atoms with Gasteiger partial charge in [0.15, 0.2) is 0 Å². The van der Waals surface area contributed by atoms with Crippen LogP contribution in [0.3, 0.4) is 0 Å². The number of nitrogens with two attached hydrogens (primary N) is 1. The van der Waals surface area contributed by atoms with E-state index in [1.54, 1.807) is 0 Å². The summed E-state index contributed by atoms with van der Waals surface area (Å²) < 4.78 is 0.995. The minimum Gasteiger partial charge on any atom is -0.366 e. The molecule has 1 aromatic rings. The van der Waals surface area contributed by atoms with Crippen LogP contribution < -0.4 is 5.73 Å². The molecule has 0 saturated heterocycles. The maximum atomic E-state index is 9.82. The van der Waals surface area contributed by atoms with Crippen LogP contribution in [0.5, 0.6) is 0 Å². The van der Waals surface area contributed by atoms with Gasteiger partial charge in [-0.1, -0.05) is 0 Å². The van der Waals surface area contributed by atoms with Crippen molar-refractivity contribution in [3.8, 4) is 0 Å². The Morgan fingerprint density at radius 3 is 2.88 bits per heavy atom. The van der Waals surface area contributed by atoms with E-state index in [4.69, 9.17) is 5.73 Å². The summed E-state index contributed by atoms with van der Waals surface area (Å²) in [5, 5.41) is 3.44. The molecule has 0 spiro atoms. The lowest BCUT2D eigenvalue weighted by Crippen LogP contribution is -1.95. The molecule has 0 radical (unpaired) electrons. The Labute approximate surface area is 45.1 Å². The van der Waals surface area contributed by atoms with Crippen LogP contribution in [0.4, 0.5) is 5.95 Å². The van der Waals surface area contributed by atoms with Gasteiger partial charge in [-0.25, -0.2) is 4.98 Å². The highest BCUT2D eigenvalue weighted by molar-refractivity contribution is 5.50. The highest BCUT2D eigenvalue weighted by atomic mass is 16.1. The van der Waals surface area contributed by atoms with Crippen molar-refractivity contribution in [1.29, 1.82) is 0 Å². The van der Waals surface area contributed by atoms with E-state index in [2.05, 4.69) is 10.1 Å². The molecule has 0 aliphatic rings. The largest absolute Gasteiger partial charge is 0.366 e. The molecule has 1 aromatic heterocycles. The third-order valence-electron chi connectivity index (χ3n) is 0.634. The maximum absolute atomic E-state index is 9.82. The molecule has 0 unspecified atom stereocenters. The summed E-state index contributed by atoms with van der Waals surface area (Å²) >= 11 is 0. The van der Waals surface area contributed by atoms with Crippen molar-refractivity contribution < 1.29 is 4.79 Å². The van der Waals surface area contributed by atoms with E-state index in [1.165, 1.54) is 6.33 Å². The second-order valence-electron chi connectivity index (χ2n) is 1.19. The molecule has 0 atom stereocenters. The molecule has 1 heterocycles. The fourth-order valence-electron chi connectivity index (χ4n) is 0.339. The maximum Gasteiger partial charge on any atom is 0.239 e. The van der Waals surface area contributed by atoms with Gasteiger partial charge < -0.3 is 5.73 Å². The molecule has 0 aromatic carbocycles. The first-order valence-corrected chi connectivity index (χ1v) is 1.95. The molecule has 0 fully saturated rings. The molecule has 0 bridgehead atoms. The first-order chi connectivity index (χ1) is 3.83. The second-order valence-corrected chi connectivity index (χ2v) is 1.19. The highest BCUT2D eigenvalue weighted by Gasteiger charge is 1.88. The quantitative estimate of drug-likeness (QED) is 0.468. The molecular weight excluding hydrogens is 108 g/mol. The monoisotopic (exact) mass is 112 g/mol. The predicted molar refractivity (Wildman–Crippen MR) is 26.6 cm³/mol. The Morgan fingerprint density at radius 1 is 1.88 bits per heavy atom. The fraction of sp³-hybridized carbons (Fsp3) is 0. The normalized spacial score (nSPS) is 9.00. The third kappa shape index (κ3) is 0.651. The summed E-state index contributed by atoms with van der Waals surface area (Å²) in [6.45, 7) is 0. The third-order valence-corrected chi connectivity index (χ3v) is 0.634. The molecule has 1 rings (SSSR count). The van der Waals surface area contributed by atoms with Crippen LogP contribution in [0.2, 0.25) is 0 Å². The fourth-order valence-corrected chi connectivity index (χ4v) is 0.339. The van der Waals surface area contributed by atoms with Gasteiger partial charge in [0.25, 0.3) is 0 Å². The van der Waals surface area contributed by atoms with Crippen LogP contribution in [0.1, 0.15) is 0 Å². The number of anilines is 1. The van der Waals surface area contributed by atoms with E-state index >= 15 is 0 Å². The molecule has 0 amide bonds. The summed E-state index contributed by atoms with van der Waals surface area (Å²) in [6, 6.07) is 0. The first-order valence-electron chi connectivity index (χ1n) is 1.95. The zero-order chi connectivity index (χ0) is 5.98. The van der Waals surface area contributed by atoms with Crippen LogP contribution in [0, 0.1) is 0 Å². The van der Waals surface area contributed by atoms with E-state index in [0.29, 0.717) is 6.41 Å². The molecule has 8 heavy (non-hydrogen) atoms. The molecule has 2 N–H and O–H groups in total. The number of hydrogen-bond acceptors (Lipinski definition) is 4. The van der Waals surface area contributed by atoms with E-state index < -0.39 is 0 Å². The van der Waals surface area contributed by atoms with Crippen molar-refractivity contribution in [3.05, 3.63) is 6.33 Å². The number of aromatic nitrogens is 3. The number of nitrogens with zero attached hydrogens (tertiary/aromatic N) is 3. The van der Waals surface area contributed by atoms with Crippen LogP contribution >= 0.6 is 0 Å². The van der Waals surface area contributed by atoms with Crippen LogP contribution in [0.15, 0.2) is 6.33 Å². The molecular formula is C3H4N4O. The Hall–Kier alpha value is -1.39. The van der Waals surface area contributed by atoms with E-state index in [-0.39, 0.29) is 5.95 Å². The minimum absolute atomic E-state index is 0.108. The van der Waals surface area contributed by atoms with Gasteiger partial charge in [0, 0.05) is 0 Å². The number of rotatable bonds is 1. The van der Waals surface area contributed by atoms with Crippen molar-refractivity contribution in [2.24, 2.45) is 0 Å². The SMILES string of the molecule is Nc1ncn(C=O)n1. The summed E-state index contributed by atoms with van der Waals surface area (Å²) in [7, 11) is 0. The van der Waals surface area contributed by atoms with Gasteiger partial charge in [-0.05, 0) is 0 Å². The van der Waals surface area contributed by atoms with E-state index in [9.17, 15) is 4.79 Å². The smallest absolute Gasteiger partial charge is 0.239 e. The zero-order valence-corrected chi connectivity index (χ0v) is 3.98. The number of carbonyl (C=O) groups is 1. The molecule has 42 valence electrons. The molecule has 0 saturated carbocycles. The summed E-state index contributed by atoms with van der Waals surface area (Å²) in [6.07, 6.45) is 1.76. The second kappa shape index (κ2) is 1.61. The standard InChI is InChI=1S/C3H4N4O/c4-3-5-1-7(2-8)6-3/h1-2H,(H2,4,6). The molecule has 5 heteroatoms. The first kappa shape index (κ1) is 4.76. The predicted octanol–water partition coefficient (Wildman–Crippen LogP) is -1.10. The van der Waals surface area contributed by atoms with Crippen LogP contribution in [0.25, 0.3) is 0 Å². The van der Waals surface area contributed by atoms with E-state index in [0.717, 1.165) is 4.68 Å². The van der Waals surface area contributed by atoms with Gasteiger partial charge in [0.1, 0.15) is 6.33 Å². The lowest BCUT2D eigenvalue weighted by Gasteiger charge is -1.75. The Kier molecular flexibility index (Phi) is 0.957. The average molecular weight is 112 g/mol. The van der Waals surface area contributed by atoms with Gasteiger partial charge in [0.05, 0.1) is 0 Å². The number of nitrogen functional groups attached to an aromatic ring is 1. The van der Waals surface area contributed by atoms with Crippen molar-refractivity contribution >= 4 is 12.4 Å². The lowest BCUT2D eigenvalue weighted by atomic mass is 11.1. The van der Waals surface area contributed by atoms with Crippen LogP contribution in [-0.4, -0.2) is 21.2 Å². The summed E-state index contributed by atoms with van der Waals surface area (Å²) in [5.41, 5.74) is 5.05. The summed E-state index contributed by atoms with van der Waals surface area (Å²) in [4.78, 5) is 13.3.